The van der Waals surface area contributed by atoms with Gasteiger partial charge >= 0.3 is 0 Å². The molecule has 6 heteroatoms. The van der Waals surface area contributed by atoms with Gasteiger partial charge in [-0.05, 0) is 36.1 Å². The van der Waals surface area contributed by atoms with Crippen LogP contribution in [0, 0.1) is 0 Å². The van der Waals surface area contributed by atoms with Gasteiger partial charge in [-0.15, -0.1) is 0 Å². The minimum atomic E-state index is -0.388. The van der Waals surface area contributed by atoms with E-state index in [9.17, 15) is 9.90 Å². The van der Waals surface area contributed by atoms with Crippen molar-refractivity contribution in [3.05, 3.63) is 71.9 Å². The van der Waals surface area contributed by atoms with E-state index in [1.807, 2.05) is 65.0 Å². The fourth-order valence-corrected chi connectivity index (χ4v) is 3.61. The van der Waals surface area contributed by atoms with Gasteiger partial charge in [-0.1, -0.05) is 42.5 Å². The lowest BCUT2D eigenvalue weighted by atomic mass is 10.1. The Bertz CT molecular complexity index is 968. The van der Waals surface area contributed by atoms with Crippen LogP contribution in [0.1, 0.15) is 28.8 Å². The summed E-state index contributed by atoms with van der Waals surface area (Å²) in [5, 5.41) is 12.9. The van der Waals surface area contributed by atoms with Crippen molar-refractivity contribution < 1.29 is 9.90 Å². The normalized spacial score (nSPS) is 17.0. The Morgan fingerprint density at radius 3 is 2.79 bits per heavy atom. The molecule has 0 radical (unpaired) electrons. The lowest BCUT2D eigenvalue weighted by Gasteiger charge is -2.20. The molecule has 2 heterocycles. The van der Waals surface area contributed by atoms with Gasteiger partial charge in [0.15, 0.2) is 0 Å². The molecule has 0 spiro atoms. The van der Waals surface area contributed by atoms with E-state index in [0.717, 1.165) is 36.2 Å². The van der Waals surface area contributed by atoms with Crippen LogP contribution in [0.5, 0.6) is 0 Å². The van der Waals surface area contributed by atoms with Gasteiger partial charge in [-0.25, -0.2) is 4.98 Å². The van der Waals surface area contributed by atoms with Crippen molar-refractivity contribution in [2.75, 3.05) is 11.9 Å². The van der Waals surface area contributed by atoms with Crippen LogP contribution in [0.4, 0.5) is 5.95 Å². The molecule has 1 saturated heterocycles. The summed E-state index contributed by atoms with van der Waals surface area (Å²) in [5.41, 5.74) is 3.57. The van der Waals surface area contributed by atoms with Gasteiger partial charge < -0.3 is 9.67 Å². The fraction of sp³-hybridized carbons (Fsp3) is 0.273. The van der Waals surface area contributed by atoms with Crippen LogP contribution < -0.4 is 5.32 Å². The zero-order valence-corrected chi connectivity index (χ0v) is 15.9. The second-order valence-electron chi connectivity index (χ2n) is 7.14. The molecule has 1 aromatic heterocycles. The monoisotopic (exact) mass is 376 g/mol. The summed E-state index contributed by atoms with van der Waals surface area (Å²) in [6, 6.07) is 17.5. The lowest BCUT2D eigenvalue weighted by molar-refractivity contribution is 0.0328. The molecule has 0 aliphatic carbocycles. The van der Waals surface area contributed by atoms with E-state index < -0.39 is 0 Å². The number of benzene rings is 2. The molecule has 1 amide bonds. The van der Waals surface area contributed by atoms with Crippen LogP contribution in [0.2, 0.25) is 0 Å². The van der Waals surface area contributed by atoms with Crippen molar-refractivity contribution in [2.24, 2.45) is 7.05 Å². The minimum Gasteiger partial charge on any atom is -0.378 e. The molecule has 1 unspecified atom stereocenters. The summed E-state index contributed by atoms with van der Waals surface area (Å²) in [5.74, 6) is 0.307. The van der Waals surface area contributed by atoms with Crippen LogP contribution in [-0.4, -0.2) is 38.2 Å². The Morgan fingerprint density at radius 1 is 1.21 bits per heavy atom. The number of hydrogen-bond acceptors (Lipinski definition) is 4. The van der Waals surface area contributed by atoms with Crippen molar-refractivity contribution in [3.8, 4) is 11.3 Å². The first kappa shape index (κ1) is 18.4. The molecule has 1 aliphatic rings. The number of likely N-dealkylation sites (tertiary alicyclic amines) is 1. The summed E-state index contributed by atoms with van der Waals surface area (Å²) in [6.07, 6.45) is 3.19. The van der Waals surface area contributed by atoms with Gasteiger partial charge in [0.25, 0.3) is 5.91 Å². The number of nitrogens with one attached hydrogen (secondary N) is 1. The van der Waals surface area contributed by atoms with Crippen molar-refractivity contribution in [1.82, 2.24) is 14.5 Å². The fourth-order valence-electron chi connectivity index (χ4n) is 3.61. The second kappa shape index (κ2) is 7.96. The Kier molecular flexibility index (Phi) is 5.23. The van der Waals surface area contributed by atoms with Gasteiger partial charge in [0.1, 0.15) is 6.23 Å². The molecule has 0 bridgehead atoms. The second-order valence-corrected chi connectivity index (χ2v) is 7.14. The molecule has 3 aromatic rings. The van der Waals surface area contributed by atoms with E-state index in [4.69, 9.17) is 0 Å². The quantitative estimate of drug-likeness (QED) is 0.717. The lowest BCUT2D eigenvalue weighted by Crippen LogP contribution is -2.28. The van der Waals surface area contributed by atoms with Crippen molar-refractivity contribution in [1.29, 1.82) is 0 Å². The number of aliphatic hydroxyl groups is 1. The molecule has 28 heavy (non-hydrogen) atoms. The average molecular weight is 376 g/mol. The van der Waals surface area contributed by atoms with Gasteiger partial charge in [-0.2, -0.15) is 0 Å². The number of imidazole rings is 1. The molecule has 2 aromatic carbocycles. The number of amides is 1. The molecule has 1 atom stereocenters. The van der Waals surface area contributed by atoms with E-state index in [1.54, 1.807) is 12.3 Å². The molecule has 144 valence electrons. The number of hydrogen-bond donors (Lipinski definition) is 2. The average Bonchev–Trinajstić information content (AvgIpc) is 3.28. The van der Waals surface area contributed by atoms with E-state index in [0.29, 0.717) is 18.1 Å². The zero-order valence-electron chi connectivity index (χ0n) is 15.9. The molecule has 2 N–H and O–H groups in total. The Morgan fingerprint density at radius 2 is 2.04 bits per heavy atom. The summed E-state index contributed by atoms with van der Waals surface area (Å²) < 4.78 is 1.87. The van der Waals surface area contributed by atoms with Crippen LogP contribution in [0.15, 0.2) is 60.8 Å². The highest BCUT2D eigenvalue weighted by Gasteiger charge is 2.22. The van der Waals surface area contributed by atoms with Gasteiger partial charge in [0, 0.05) is 25.7 Å². The third kappa shape index (κ3) is 3.83. The van der Waals surface area contributed by atoms with Gasteiger partial charge in [0.05, 0.1) is 11.9 Å². The SMILES string of the molecule is Cn1c(-c2ccccc2)cnc1NC(=O)c1cccc(CN2CCCC2O)c1. The first-order chi connectivity index (χ1) is 13.6. The maximum absolute atomic E-state index is 12.7. The van der Waals surface area contributed by atoms with Crippen LogP contribution in [-0.2, 0) is 13.6 Å². The molecule has 6 nitrogen and oxygen atoms in total. The standard InChI is InChI=1S/C22H24N4O2/c1-25-19(17-8-3-2-4-9-17)14-23-22(25)24-21(28)18-10-5-7-16(13-18)15-26-12-6-11-20(26)27/h2-5,7-10,13-14,20,27H,6,11-12,15H2,1H3,(H,23,24,28). The van der Waals surface area contributed by atoms with Crippen LogP contribution >= 0.6 is 0 Å². The summed E-state index contributed by atoms with van der Waals surface area (Å²) >= 11 is 0. The third-order valence-electron chi connectivity index (χ3n) is 5.19. The number of rotatable bonds is 5. The number of nitrogens with zero attached hydrogens (tertiary/aromatic N) is 3. The summed E-state index contributed by atoms with van der Waals surface area (Å²) in [4.78, 5) is 19.1. The number of carbonyl (C=O) groups is 1. The first-order valence-electron chi connectivity index (χ1n) is 9.51. The topological polar surface area (TPSA) is 70.4 Å². The molecule has 4 rings (SSSR count). The molecule has 1 aliphatic heterocycles. The van der Waals surface area contributed by atoms with Gasteiger partial charge in [0.2, 0.25) is 5.95 Å². The highest BCUT2D eigenvalue weighted by atomic mass is 16.3. The highest BCUT2D eigenvalue weighted by Crippen LogP contribution is 2.22. The predicted octanol–water partition coefficient (Wildman–Crippen LogP) is 3.25. The third-order valence-corrected chi connectivity index (χ3v) is 5.19. The van der Waals surface area contributed by atoms with E-state index in [-0.39, 0.29) is 12.1 Å². The summed E-state index contributed by atoms with van der Waals surface area (Å²) in [6.45, 7) is 1.52. The Labute approximate surface area is 164 Å². The number of aliphatic hydroxyl groups excluding tert-OH is 1. The van der Waals surface area contributed by atoms with Crippen LogP contribution in [0.3, 0.4) is 0 Å². The predicted molar refractivity (Wildman–Crippen MR) is 109 cm³/mol. The number of carbonyl (C=O) groups excluding carboxylic acids is 1. The smallest absolute Gasteiger partial charge is 0.257 e. The van der Waals surface area contributed by atoms with Crippen molar-refractivity contribution in [2.45, 2.75) is 25.6 Å². The Hall–Kier alpha value is -2.96. The molecular formula is C22H24N4O2. The van der Waals surface area contributed by atoms with Crippen LogP contribution in [0.25, 0.3) is 11.3 Å². The largest absolute Gasteiger partial charge is 0.378 e. The molecule has 0 saturated carbocycles. The van der Waals surface area contributed by atoms with Crippen molar-refractivity contribution >= 4 is 11.9 Å². The maximum atomic E-state index is 12.7. The Balaban J connectivity index is 1.48. The van der Waals surface area contributed by atoms with Crippen molar-refractivity contribution in [3.63, 3.8) is 0 Å². The minimum absolute atomic E-state index is 0.197. The maximum Gasteiger partial charge on any atom is 0.257 e. The highest BCUT2D eigenvalue weighted by molar-refractivity contribution is 6.03. The van der Waals surface area contributed by atoms with E-state index in [1.165, 1.54) is 0 Å². The number of aromatic nitrogens is 2. The summed E-state index contributed by atoms with van der Waals surface area (Å²) in [7, 11) is 1.89. The van der Waals surface area contributed by atoms with Gasteiger partial charge in [-0.3, -0.25) is 15.0 Å². The first-order valence-corrected chi connectivity index (χ1v) is 9.51. The zero-order chi connectivity index (χ0) is 19.5. The van der Waals surface area contributed by atoms with E-state index >= 15 is 0 Å². The molecule has 1 fully saturated rings. The number of anilines is 1. The van der Waals surface area contributed by atoms with E-state index in [2.05, 4.69) is 10.3 Å². The molecular weight excluding hydrogens is 352 g/mol.